The first-order valence-corrected chi connectivity index (χ1v) is 4.39. The third-order valence-electron chi connectivity index (χ3n) is 2.58. The first kappa shape index (κ1) is 9.15. The van der Waals surface area contributed by atoms with Gasteiger partial charge in [-0.2, -0.15) is 0 Å². The maximum atomic E-state index is 12.9. The molecule has 0 radical (unpaired) electrons. The van der Waals surface area contributed by atoms with E-state index in [4.69, 9.17) is 5.73 Å². The number of β-lactam (4-membered cyclic amide) rings is 1. The largest absolute Gasteiger partial charge is 0.335 e. The number of likely N-dealkylation sites (N-methyl/N-ethyl adjacent to an activating group) is 1. The SMILES string of the molecule is CN1C(=O)[C@@H](N)[C@H]1c1cccc(F)c1. The van der Waals surface area contributed by atoms with E-state index in [1.165, 1.54) is 17.0 Å². The van der Waals surface area contributed by atoms with E-state index in [-0.39, 0.29) is 17.8 Å². The van der Waals surface area contributed by atoms with Crippen molar-refractivity contribution >= 4 is 5.91 Å². The molecule has 3 nitrogen and oxygen atoms in total. The Morgan fingerprint density at radius 2 is 2.21 bits per heavy atom. The molecule has 0 bridgehead atoms. The van der Waals surface area contributed by atoms with Crippen molar-refractivity contribution in [2.24, 2.45) is 5.73 Å². The summed E-state index contributed by atoms with van der Waals surface area (Å²) >= 11 is 0. The molecular formula is C10H11FN2O. The van der Waals surface area contributed by atoms with Crippen LogP contribution < -0.4 is 5.73 Å². The van der Waals surface area contributed by atoms with Gasteiger partial charge in [0, 0.05) is 7.05 Å². The Kier molecular flexibility index (Phi) is 2.00. The van der Waals surface area contributed by atoms with Gasteiger partial charge in [0.2, 0.25) is 5.91 Å². The van der Waals surface area contributed by atoms with Crippen LogP contribution in [0.15, 0.2) is 24.3 Å². The monoisotopic (exact) mass is 194 g/mol. The summed E-state index contributed by atoms with van der Waals surface area (Å²) in [5.74, 6) is -0.401. The molecule has 4 heteroatoms. The van der Waals surface area contributed by atoms with Gasteiger partial charge < -0.3 is 10.6 Å². The molecule has 1 aliphatic heterocycles. The van der Waals surface area contributed by atoms with Gasteiger partial charge in [-0.15, -0.1) is 0 Å². The zero-order valence-electron chi connectivity index (χ0n) is 7.77. The number of hydrogen-bond acceptors (Lipinski definition) is 2. The number of halogens is 1. The Labute approximate surface area is 81.3 Å². The molecule has 0 saturated carbocycles. The van der Waals surface area contributed by atoms with Gasteiger partial charge in [0.1, 0.15) is 11.9 Å². The molecule has 0 aliphatic carbocycles. The molecule has 0 spiro atoms. The van der Waals surface area contributed by atoms with Crippen molar-refractivity contribution in [3.63, 3.8) is 0 Å². The minimum absolute atomic E-state index is 0.0979. The predicted molar refractivity (Wildman–Crippen MR) is 49.9 cm³/mol. The molecule has 1 aromatic rings. The lowest BCUT2D eigenvalue weighted by molar-refractivity contribution is -0.147. The van der Waals surface area contributed by atoms with E-state index < -0.39 is 6.04 Å². The summed E-state index contributed by atoms with van der Waals surface area (Å²) in [5, 5.41) is 0. The first-order valence-electron chi connectivity index (χ1n) is 4.39. The van der Waals surface area contributed by atoms with Gasteiger partial charge in [-0.25, -0.2) is 4.39 Å². The van der Waals surface area contributed by atoms with Crippen LogP contribution in [0.2, 0.25) is 0 Å². The minimum atomic E-state index is -0.526. The molecule has 1 amide bonds. The van der Waals surface area contributed by atoms with Crippen LogP contribution in [0.25, 0.3) is 0 Å². The van der Waals surface area contributed by atoms with Gasteiger partial charge in [-0.3, -0.25) is 4.79 Å². The summed E-state index contributed by atoms with van der Waals surface area (Å²) < 4.78 is 12.9. The van der Waals surface area contributed by atoms with E-state index in [1.54, 1.807) is 19.2 Å². The third kappa shape index (κ3) is 1.19. The number of nitrogens with zero attached hydrogens (tertiary/aromatic N) is 1. The molecule has 1 aromatic carbocycles. The molecule has 2 atom stereocenters. The molecule has 2 N–H and O–H groups in total. The van der Waals surface area contributed by atoms with E-state index >= 15 is 0 Å². The number of carbonyl (C=O) groups excluding carboxylic acids is 1. The van der Waals surface area contributed by atoms with E-state index in [0.29, 0.717) is 0 Å². The van der Waals surface area contributed by atoms with Gasteiger partial charge in [-0.1, -0.05) is 12.1 Å². The van der Waals surface area contributed by atoms with Gasteiger partial charge >= 0.3 is 0 Å². The van der Waals surface area contributed by atoms with Gasteiger partial charge in [0.05, 0.1) is 6.04 Å². The molecular weight excluding hydrogens is 183 g/mol. The second-order valence-corrected chi connectivity index (χ2v) is 3.47. The highest BCUT2D eigenvalue weighted by molar-refractivity contribution is 5.89. The smallest absolute Gasteiger partial charge is 0.242 e. The Morgan fingerprint density at radius 3 is 2.79 bits per heavy atom. The molecule has 2 rings (SSSR count). The average Bonchev–Trinajstić information content (AvgIpc) is 2.18. The highest BCUT2D eigenvalue weighted by Gasteiger charge is 2.43. The van der Waals surface area contributed by atoms with Crippen LogP contribution in [-0.2, 0) is 4.79 Å². The molecule has 0 unspecified atom stereocenters. The highest BCUT2D eigenvalue weighted by Crippen LogP contribution is 2.31. The second kappa shape index (κ2) is 3.06. The Balaban J connectivity index is 2.28. The lowest BCUT2D eigenvalue weighted by atomic mass is 9.90. The van der Waals surface area contributed by atoms with E-state index in [2.05, 4.69) is 0 Å². The van der Waals surface area contributed by atoms with Crippen LogP contribution in [0.4, 0.5) is 4.39 Å². The third-order valence-corrected chi connectivity index (χ3v) is 2.58. The summed E-state index contributed by atoms with van der Waals surface area (Å²) in [6.07, 6.45) is 0. The fourth-order valence-corrected chi connectivity index (χ4v) is 1.79. The summed E-state index contributed by atoms with van der Waals surface area (Å²) in [7, 11) is 1.67. The van der Waals surface area contributed by atoms with E-state index in [9.17, 15) is 9.18 Å². The zero-order chi connectivity index (χ0) is 10.3. The summed E-state index contributed by atoms with van der Waals surface area (Å²) in [4.78, 5) is 12.7. The normalized spacial score (nSPS) is 26.2. The van der Waals surface area contributed by atoms with Gasteiger partial charge in [0.25, 0.3) is 0 Å². The van der Waals surface area contributed by atoms with Crippen molar-refractivity contribution in [3.05, 3.63) is 35.6 Å². The number of rotatable bonds is 1. The Hall–Kier alpha value is -1.42. The number of benzene rings is 1. The Bertz CT molecular complexity index is 368. The van der Waals surface area contributed by atoms with Crippen molar-refractivity contribution < 1.29 is 9.18 Å². The quantitative estimate of drug-likeness (QED) is 0.668. The van der Waals surface area contributed by atoms with Gasteiger partial charge in [0.15, 0.2) is 0 Å². The topological polar surface area (TPSA) is 46.3 Å². The fourth-order valence-electron chi connectivity index (χ4n) is 1.79. The van der Waals surface area contributed by atoms with Crippen molar-refractivity contribution in [2.75, 3.05) is 7.05 Å². The second-order valence-electron chi connectivity index (χ2n) is 3.47. The molecule has 0 aromatic heterocycles. The lowest BCUT2D eigenvalue weighted by Gasteiger charge is -2.43. The standard InChI is InChI=1S/C10H11FN2O/c1-13-9(8(12)10(13)14)6-3-2-4-7(11)5-6/h2-5,8-9H,12H2,1H3/t8-,9+/m0/s1. The maximum Gasteiger partial charge on any atom is 0.242 e. The highest BCUT2D eigenvalue weighted by atomic mass is 19.1. The summed E-state index contributed by atoms with van der Waals surface area (Å²) in [5.41, 5.74) is 6.37. The number of carbonyl (C=O) groups is 1. The van der Waals surface area contributed by atoms with Crippen molar-refractivity contribution in [3.8, 4) is 0 Å². The molecule has 74 valence electrons. The van der Waals surface area contributed by atoms with Crippen molar-refractivity contribution in [2.45, 2.75) is 12.1 Å². The lowest BCUT2D eigenvalue weighted by Crippen LogP contribution is -2.61. The molecule has 1 heterocycles. The van der Waals surface area contributed by atoms with Crippen LogP contribution >= 0.6 is 0 Å². The molecule has 1 aliphatic rings. The molecule has 1 saturated heterocycles. The van der Waals surface area contributed by atoms with Crippen LogP contribution in [0.3, 0.4) is 0 Å². The molecule has 14 heavy (non-hydrogen) atoms. The van der Waals surface area contributed by atoms with Crippen LogP contribution in [0.5, 0.6) is 0 Å². The fraction of sp³-hybridized carbons (Fsp3) is 0.300. The summed E-state index contributed by atoms with van der Waals surface area (Å²) in [6.45, 7) is 0. The number of amides is 1. The average molecular weight is 194 g/mol. The van der Waals surface area contributed by atoms with Gasteiger partial charge in [-0.05, 0) is 17.7 Å². The summed E-state index contributed by atoms with van der Waals surface area (Å²) in [6, 6.07) is 5.47. The van der Waals surface area contributed by atoms with E-state index in [0.717, 1.165) is 5.56 Å². The van der Waals surface area contributed by atoms with Crippen LogP contribution in [0, 0.1) is 5.82 Å². The maximum absolute atomic E-state index is 12.9. The number of likely N-dealkylation sites (tertiary alicyclic amines) is 1. The van der Waals surface area contributed by atoms with E-state index in [1.807, 2.05) is 0 Å². The Morgan fingerprint density at radius 1 is 1.50 bits per heavy atom. The number of hydrogen-bond donors (Lipinski definition) is 1. The van der Waals surface area contributed by atoms with Crippen molar-refractivity contribution in [1.29, 1.82) is 0 Å². The molecule has 1 fully saturated rings. The first-order chi connectivity index (χ1) is 6.61. The predicted octanol–water partition coefficient (Wildman–Crippen LogP) is 0.666. The van der Waals surface area contributed by atoms with Crippen LogP contribution in [0.1, 0.15) is 11.6 Å². The van der Waals surface area contributed by atoms with Crippen LogP contribution in [-0.4, -0.2) is 23.9 Å². The number of nitrogens with two attached hydrogens (primary N) is 1. The minimum Gasteiger partial charge on any atom is -0.335 e. The zero-order valence-corrected chi connectivity index (χ0v) is 7.77. The van der Waals surface area contributed by atoms with Crippen molar-refractivity contribution in [1.82, 2.24) is 4.90 Å².